The maximum Gasteiger partial charge on any atom is 0.523 e. The summed E-state index contributed by atoms with van der Waals surface area (Å²) in [5, 5.41) is 5.44. The molecule has 7 heteroatoms. The lowest BCUT2D eigenvalue weighted by Gasteiger charge is -2.20. The molecule has 5 rings (SSSR count). The number of halogens is 3. The molecule has 1 heterocycles. The van der Waals surface area contributed by atoms with E-state index in [1.807, 2.05) is 6.07 Å². The van der Waals surface area contributed by atoms with Gasteiger partial charge in [0.15, 0.2) is 0 Å². The Labute approximate surface area is 190 Å². The molecule has 0 spiro atoms. The van der Waals surface area contributed by atoms with Gasteiger partial charge in [0.25, 0.3) is 5.91 Å². The molecule has 3 aromatic rings. The molecule has 0 bridgehead atoms. The number of carbonyl (C=O) groups is 1. The van der Waals surface area contributed by atoms with Gasteiger partial charge in [0.05, 0.1) is 0 Å². The van der Waals surface area contributed by atoms with Crippen molar-refractivity contribution in [3.05, 3.63) is 90.0 Å². The minimum atomic E-state index is -4.75. The predicted octanol–water partition coefficient (Wildman–Crippen LogP) is 4.99. The van der Waals surface area contributed by atoms with E-state index in [0.717, 1.165) is 19.6 Å². The Bertz CT molecular complexity index is 1150. The van der Waals surface area contributed by atoms with Gasteiger partial charge in [-0.15, -0.1) is 13.2 Å². The van der Waals surface area contributed by atoms with Gasteiger partial charge in [-0.3, -0.25) is 14.4 Å². The Morgan fingerprint density at radius 3 is 2.52 bits per heavy atom. The summed E-state index contributed by atoms with van der Waals surface area (Å²) in [6.07, 6.45) is -4.75. The first-order chi connectivity index (χ1) is 15.9. The van der Waals surface area contributed by atoms with E-state index in [9.17, 15) is 18.0 Å². The first-order valence-corrected chi connectivity index (χ1v) is 11.0. The third-order valence-electron chi connectivity index (χ3n) is 6.64. The lowest BCUT2D eigenvalue weighted by Crippen LogP contribution is -2.30. The quantitative estimate of drug-likeness (QED) is 0.548. The second kappa shape index (κ2) is 8.80. The van der Waals surface area contributed by atoms with Gasteiger partial charge in [-0.05, 0) is 57.9 Å². The summed E-state index contributed by atoms with van der Waals surface area (Å²) in [5.41, 5.74) is 1.82. The maximum absolute atomic E-state index is 12.5. The van der Waals surface area contributed by atoms with Crippen LogP contribution in [0.25, 0.3) is 10.8 Å². The van der Waals surface area contributed by atoms with E-state index in [1.54, 1.807) is 6.07 Å². The molecule has 2 aliphatic rings. The molecule has 1 radical (unpaired) electrons. The number of fused-ring (bicyclic) bond motifs is 2. The van der Waals surface area contributed by atoms with Crippen LogP contribution in [0.4, 0.5) is 13.2 Å². The molecule has 1 aliphatic heterocycles. The van der Waals surface area contributed by atoms with E-state index in [4.69, 9.17) is 0 Å². The minimum absolute atomic E-state index is 0.188. The Morgan fingerprint density at radius 2 is 1.76 bits per heavy atom. The van der Waals surface area contributed by atoms with Crippen LogP contribution in [0, 0.1) is 24.4 Å². The Hall–Kier alpha value is -2.90. The number of nitrogens with zero attached hydrogens (tertiary/aromatic N) is 1. The van der Waals surface area contributed by atoms with Crippen LogP contribution in [-0.4, -0.2) is 36.8 Å². The molecule has 33 heavy (non-hydrogen) atoms. The Kier molecular flexibility index (Phi) is 5.85. The average Bonchev–Trinajstić information content (AvgIpc) is 3.26. The summed E-state index contributed by atoms with van der Waals surface area (Å²) < 4.78 is 40.3. The van der Waals surface area contributed by atoms with E-state index < -0.39 is 6.36 Å². The van der Waals surface area contributed by atoms with Crippen molar-refractivity contribution < 1.29 is 22.7 Å². The zero-order valence-corrected chi connectivity index (χ0v) is 17.9. The fraction of sp³-hybridized carbons (Fsp3) is 0.308. The Morgan fingerprint density at radius 1 is 1.00 bits per heavy atom. The van der Waals surface area contributed by atoms with Gasteiger partial charge in [-0.2, -0.15) is 0 Å². The third-order valence-corrected chi connectivity index (χ3v) is 6.64. The summed E-state index contributed by atoms with van der Waals surface area (Å²) in [6, 6.07) is 20.9. The van der Waals surface area contributed by atoms with E-state index >= 15 is 0 Å². The molecule has 1 N–H and O–H groups in total. The molecular formula is C26H24F3N2O2. The molecule has 1 amide bonds. The van der Waals surface area contributed by atoms with Gasteiger partial charge in [0, 0.05) is 31.7 Å². The number of likely N-dealkylation sites (tertiary alicyclic amines) is 1. The van der Waals surface area contributed by atoms with Gasteiger partial charge < -0.3 is 5.32 Å². The number of hydrogen-bond donors (Lipinski definition) is 1. The van der Waals surface area contributed by atoms with Crippen molar-refractivity contribution in [1.82, 2.24) is 10.2 Å². The highest BCUT2D eigenvalue weighted by molar-refractivity contribution is 5.94. The summed E-state index contributed by atoms with van der Waals surface area (Å²) in [5.74, 6) is 1.36. The molecule has 1 saturated heterocycles. The highest BCUT2D eigenvalue weighted by atomic mass is 19.4. The van der Waals surface area contributed by atoms with Crippen molar-refractivity contribution in [2.24, 2.45) is 17.8 Å². The van der Waals surface area contributed by atoms with Gasteiger partial charge in [0.2, 0.25) is 0 Å². The number of amides is 1. The summed E-state index contributed by atoms with van der Waals surface area (Å²) in [4.78, 5) is 14.9. The van der Waals surface area contributed by atoms with Crippen LogP contribution in [0.2, 0.25) is 0 Å². The van der Waals surface area contributed by atoms with E-state index in [-0.39, 0.29) is 11.5 Å². The van der Waals surface area contributed by atoms with Crippen LogP contribution < -0.4 is 5.32 Å². The zero-order chi connectivity index (χ0) is 23.0. The summed E-state index contributed by atoms with van der Waals surface area (Å²) in [7, 11) is 0. The van der Waals surface area contributed by atoms with Crippen LogP contribution in [0.15, 0.2) is 66.7 Å². The number of piperidine rings is 1. The zero-order valence-electron chi connectivity index (χ0n) is 17.9. The first-order valence-electron chi connectivity index (χ1n) is 11.0. The number of benzene rings is 3. The molecule has 2 atom stereocenters. The minimum Gasteiger partial charge on any atom is -0.352 e. The van der Waals surface area contributed by atoms with Crippen molar-refractivity contribution in [2.45, 2.75) is 12.9 Å². The van der Waals surface area contributed by atoms with Crippen molar-refractivity contribution >= 4 is 16.7 Å². The van der Waals surface area contributed by atoms with Gasteiger partial charge in [-0.25, -0.2) is 0 Å². The highest BCUT2D eigenvalue weighted by Crippen LogP contribution is 2.51. The number of hydrogen-bond acceptors (Lipinski definition) is 3. The molecule has 2 unspecified atom stereocenters. The summed E-state index contributed by atoms with van der Waals surface area (Å²) in [6.45, 7) is 4.17. The van der Waals surface area contributed by atoms with Crippen LogP contribution in [-0.2, 0) is 11.3 Å². The van der Waals surface area contributed by atoms with Gasteiger partial charge in [-0.1, -0.05) is 48.5 Å². The molecule has 0 aromatic heterocycles. The van der Waals surface area contributed by atoms with E-state index in [2.05, 4.69) is 51.4 Å². The number of nitrogens with one attached hydrogen (secondary N) is 1. The highest BCUT2D eigenvalue weighted by Gasteiger charge is 2.55. The van der Waals surface area contributed by atoms with Crippen molar-refractivity contribution in [3.8, 4) is 0 Å². The second-order valence-corrected chi connectivity index (χ2v) is 8.88. The lowest BCUT2D eigenvalue weighted by molar-refractivity contribution is -0.306. The first kappa shape index (κ1) is 21.9. The fourth-order valence-electron chi connectivity index (χ4n) is 4.96. The molecule has 3 aromatic carbocycles. The molecular weight excluding hydrogens is 429 g/mol. The van der Waals surface area contributed by atoms with Crippen LogP contribution in [0.5, 0.6) is 0 Å². The Balaban J connectivity index is 1.09. The van der Waals surface area contributed by atoms with E-state index in [0.29, 0.717) is 36.5 Å². The molecule has 1 saturated carbocycles. The maximum atomic E-state index is 12.5. The molecule has 1 aliphatic carbocycles. The van der Waals surface area contributed by atoms with Crippen molar-refractivity contribution in [2.75, 3.05) is 19.6 Å². The monoisotopic (exact) mass is 453 g/mol. The molecule has 2 fully saturated rings. The second-order valence-electron chi connectivity index (χ2n) is 8.88. The number of carbonyl (C=O) groups excluding carboxylic acids is 1. The van der Waals surface area contributed by atoms with Gasteiger partial charge >= 0.3 is 6.36 Å². The SMILES string of the molecule is O=C(NCC1C2CN(Cc3ccc4ccccc4c3)CC12)c1cccc([CH]OC(F)(F)F)c1. The molecule has 4 nitrogen and oxygen atoms in total. The smallest absolute Gasteiger partial charge is 0.352 e. The average molecular weight is 453 g/mol. The predicted molar refractivity (Wildman–Crippen MR) is 119 cm³/mol. The van der Waals surface area contributed by atoms with Crippen LogP contribution in [0.1, 0.15) is 21.5 Å². The molecule has 171 valence electrons. The van der Waals surface area contributed by atoms with Crippen molar-refractivity contribution in [3.63, 3.8) is 0 Å². The van der Waals surface area contributed by atoms with Crippen molar-refractivity contribution in [1.29, 1.82) is 0 Å². The number of alkyl halides is 3. The number of rotatable bonds is 7. The van der Waals surface area contributed by atoms with Crippen LogP contribution in [0.3, 0.4) is 0 Å². The largest absolute Gasteiger partial charge is 0.523 e. The topological polar surface area (TPSA) is 41.6 Å². The fourth-order valence-corrected chi connectivity index (χ4v) is 4.96. The standard InChI is InChI=1S/C26H24F3N2O2/c27-26(28,29)33-16-18-4-3-7-21(11-18)25(32)30-12-22-23-14-31(15-24(22)23)13-17-8-9-19-5-1-2-6-20(19)10-17/h1-11,16,22-24H,12-15H2,(H,30,32). The summed E-state index contributed by atoms with van der Waals surface area (Å²) >= 11 is 0. The third kappa shape index (κ3) is 5.20. The lowest BCUT2D eigenvalue weighted by atomic mass is 10.1. The van der Waals surface area contributed by atoms with Gasteiger partial charge in [0.1, 0.15) is 6.61 Å². The number of ether oxygens (including phenoxy) is 1. The van der Waals surface area contributed by atoms with E-state index in [1.165, 1.54) is 34.5 Å². The van der Waals surface area contributed by atoms with Crippen LogP contribution >= 0.6 is 0 Å². The normalized spacial score (nSPS) is 22.3.